The van der Waals surface area contributed by atoms with Gasteiger partial charge in [-0.05, 0) is 18.2 Å². The van der Waals surface area contributed by atoms with Crippen molar-refractivity contribution in [3.63, 3.8) is 0 Å². The maximum absolute atomic E-state index is 14.0. The Morgan fingerprint density at radius 3 is 2.64 bits per heavy atom. The molecule has 7 nitrogen and oxygen atoms in total. The van der Waals surface area contributed by atoms with Gasteiger partial charge in [0.2, 0.25) is 5.82 Å². The van der Waals surface area contributed by atoms with Crippen molar-refractivity contribution >= 4 is 5.97 Å². The Bertz CT molecular complexity index is 1160. The average Bonchev–Trinajstić information content (AvgIpc) is 3.31. The van der Waals surface area contributed by atoms with E-state index < -0.39 is 17.6 Å². The smallest absolute Gasteiger partial charge is 0.325 e. The zero-order valence-electron chi connectivity index (χ0n) is 14.2. The second-order valence-electron chi connectivity index (χ2n) is 5.87. The van der Waals surface area contributed by atoms with Crippen molar-refractivity contribution in [2.75, 3.05) is 0 Å². The highest BCUT2D eigenvalue weighted by molar-refractivity contribution is 5.79. The quantitative estimate of drug-likeness (QED) is 0.566. The van der Waals surface area contributed by atoms with Crippen molar-refractivity contribution in [3.05, 3.63) is 66.4 Å². The minimum absolute atomic E-state index is 0.00848. The molecule has 0 saturated heterocycles. The molecule has 0 saturated carbocycles. The van der Waals surface area contributed by atoms with Crippen molar-refractivity contribution in [1.29, 1.82) is 0 Å². The van der Waals surface area contributed by atoms with E-state index in [9.17, 15) is 13.6 Å². The molecule has 1 N–H and O–H groups in total. The first-order valence-electron chi connectivity index (χ1n) is 8.15. The van der Waals surface area contributed by atoms with Crippen LogP contribution >= 0.6 is 0 Å². The van der Waals surface area contributed by atoms with Crippen molar-refractivity contribution in [1.82, 2.24) is 19.9 Å². The first-order valence-corrected chi connectivity index (χ1v) is 8.15. The number of aliphatic carboxylic acids is 1. The summed E-state index contributed by atoms with van der Waals surface area (Å²) < 4.78 is 34.0. The SMILES string of the molecule is O=C(O)Cn1ncc(-c2nc(-c3cc(F)ccc3F)no2)c1-c1ccccc1. The largest absolute Gasteiger partial charge is 0.480 e. The first kappa shape index (κ1) is 17.5. The van der Waals surface area contributed by atoms with Crippen LogP contribution in [0.4, 0.5) is 8.78 Å². The Labute approximate surface area is 156 Å². The molecule has 0 atom stereocenters. The lowest BCUT2D eigenvalue weighted by Crippen LogP contribution is -2.11. The third-order valence-corrected chi connectivity index (χ3v) is 4.00. The van der Waals surface area contributed by atoms with Crippen LogP contribution in [0.15, 0.2) is 59.3 Å². The molecule has 140 valence electrons. The Morgan fingerprint density at radius 2 is 1.89 bits per heavy atom. The molecule has 28 heavy (non-hydrogen) atoms. The third kappa shape index (κ3) is 3.25. The van der Waals surface area contributed by atoms with Crippen LogP contribution in [0.25, 0.3) is 34.1 Å². The van der Waals surface area contributed by atoms with E-state index in [0.29, 0.717) is 16.8 Å². The number of halogens is 2. The van der Waals surface area contributed by atoms with E-state index in [2.05, 4.69) is 15.2 Å². The number of carbonyl (C=O) groups is 1. The molecule has 0 amide bonds. The Hall–Kier alpha value is -3.88. The van der Waals surface area contributed by atoms with Crippen LogP contribution in [-0.4, -0.2) is 31.0 Å². The second-order valence-corrected chi connectivity index (χ2v) is 5.87. The van der Waals surface area contributed by atoms with Gasteiger partial charge in [-0.3, -0.25) is 9.48 Å². The molecule has 2 aromatic carbocycles. The van der Waals surface area contributed by atoms with E-state index in [1.165, 1.54) is 10.9 Å². The van der Waals surface area contributed by atoms with Crippen molar-refractivity contribution in [3.8, 4) is 34.1 Å². The van der Waals surface area contributed by atoms with Crippen molar-refractivity contribution < 1.29 is 23.2 Å². The van der Waals surface area contributed by atoms with Gasteiger partial charge in [-0.15, -0.1) is 0 Å². The molecule has 0 radical (unpaired) electrons. The van der Waals surface area contributed by atoms with Crippen LogP contribution in [0.3, 0.4) is 0 Å². The molecule has 0 unspecified atom stereocenters. The highest BCUT2D eigenvalue weighted by atomic mass is 19.1. The van der Waals surface area contributed by atoms with E-state index in [1.807, 2.05) is 6.07 Å². The summed E-state index contributed by atoms with van der Waals surface area (Å²) in [6, 6.07) is 11.9. The zero-order chi connectivity index (χ0) is 19.7. The number of carboxylic acids is 1. The van der Waals surface area contributed by atoms with Gasteiger partial charge < -0.3 is 9.63 Å². The molecular weight excluding hydrogens is 370 g/mol. The zero-order valence-corrected chi connectivity index (χ0v) is 14.2. The number of nitrogens with zero attached hydrogens (tertiary/aromatic N) is 4. The molecule has 2 aromatic heterocycles. The summed E-state index contributed by atoms with van der Waals surface area (Å²) in [6.07, 6.45) is 1.39. The molecular formula is C19H12F2N4O3. The lowest BCUT2D eigenvalue weighted by atomic mass is 10.1. The Morgan fingerprint density at radius 1 is 1.11 bits per heavy atom. The van der Waals surface area contributed by atoms with Gasteiger partial charge >= 0.3 is 5.97 Å². The summed E-state index contributed by atoms with van der Waals surface area (Å²) in [4.78, 5) is 15.3. The summed E-state index contributed by atoms with van der Waals surface area (Å²) in [5, 5.41) is 17.0. The number of aromatic nitrogens is 4. The van der Waals surface area contributed by atoms with Gasteiger partial charge in [0.15, 0.2) is 0 Å². The lowest BCUT2D eigenvalue weighted by molar-refractivity contribution is -0.137. The lowest BCUT2D eigenvalue weighted by Gasteiger charge is -2.06. The van der Waals surface area contributed by atoms with E-state index in [1.54, 1.807) is 24.3 Å². The molecule has 0 bridgehead atoms. The Balaban J connectivity index is 1.82. The summed E-state index contributed by atoms with van der Waals surface area (Å²) in [6.45, 7) is -0.371. The van der Waals surface area contributed by atoms with Gasteiger partial charge in [-0.2, -0.15) is 10.1 Å². The number of carboxylic acid groups (broad SMARTS) is 1. The Kier molecular flexibility index (Phi) is 4.40. The molecule has 9 heteroatoms. The van der Waals surface area contributed by atoms with Crippen LogP contribution in [0.5, 0.6) is 0 Å². The van der Waals surface area contributed by atoms with Gasteiger partial charge in [0, 0.05) is 5.56 Å². The topological polar surface area (TPSA) is 94.0 Å². The van der Waals surface area contributed by atoms with Gasteiger partial charge in [0.1, 0.15) is 18.2 Å². The fraction of sp³-hybridized carbons (Fsp3) is 0.0526. The highest BCUT2D eigenvalue weighted by Gasteiger charge is 2.22. The highest BCUT2D eigenvalue weighted by Crippen LogP contribution is 2.32. The fourth-order valence-corrected chi connectivity index (χ4v) is 2.80. The van der Waals surface area contributed by atoms with E-state index in [-0.39, 0.29) is 23.8 Å². The van der Waals surface area contributed by atoms with E-state index in [4.69, 9.17) is 9.63 Å². The normalized spacial score (nSPS) is 10.9. The molecule has 4 rings (SSSR count). The molecule has 0 fully saturated rings. The summed E-state index contributed by atoms with van der Waals surface area (Å²) in [5.41, 5.74) is 1.38. The van der Waals surface area contributed by atoms with Crippen LogP contribution in [-0.2, 0) is 11.3 Å². The average molecular weight is 382 g/mol. The van der Waals surface area contributed by atoms with Gasteiger partial charge in [-0.25, -0.2) is 8.78 Å². The molecule has 2 heterocycles. The van der Waals surface area contributed by atoms with Crippen LogP contribution in [0.2, 0.25) is 0 Å². The van der Waals surface area contributed by atoms with Crippen LogP contribution in [0, 0.1) is 11.6 Å². The van der Waals surface area contributed by atoms with Crippen molar-refractivity contribution in [2.24, 2.45) is 0 Å². The monoisotopic (exact) mass is 382 g/mol. The summed E-state index contributed by atoms with van der Waals surface area (Å²) >= 11 is 0. The van der Waals surface area contributed by atoms with Crippen LogP contribution in [0.1, 0.15) is 0 Å². The van der Waals surface area contributed by atoms with Gasteiger partial charge in [0.05, 0.1) is 23.0 Å². The van der Waals surface area contributed by atoms with Crippen molar-refractivity contribution in [2.45, 2.75) is 6.54 Å². The second kappa shape index (κ2) is 7.03. The molecule has 0 aliphatic rings. The number of hydrogen-bond donors (Lipinski definition) is 1. The van der Waals surface area contributed by atoms with E-state index in [0.717, 1.165) is 18.2 Å². The van der Waals surface area contributed by atoms with Gasteiger partial charge in [-0.1, -0.05) is 35.5 Å². The fourth-order valence-electron chi connectivity index (χ4n) is 2.80. The van der Waals surface area contributed by atoms with E-state index >= 15 is 0 Å². The molecule has 4 aromatic rings. The summed E-state index contributed by atoms with van der Waals surface area (Å²) in [7, 11) is 0. The number of benzene rings is 2. The maximum atomic E-state index is 14.0. The standard InChI is InChI=1S/C19H12F2N4O3/c20-12-6-7-15(21)13(8-12)18-23-19(28-24-18)14-9-22-25(10-16(26)27)17(14)11-4-2-1-3-5-11/h1-9H,10H2,(H,26,27). The van der Waals surface area contributed by atoms with Gasteiger partial charge in [0.25, 0.3) is 5.89 Å². The van der Waals surface area contributed by atoms with Crippen LogP contribution < -0.4 is 0 Å². The minimum atomic E-state index is -1.07. The first-order chi connectivity index (χ1) is 13.5. The maximum Gasteiger partial charge on any atom is 0.325 e. The number of hydrogen-bond acceptors (Lipinski definition) is 5. The predicted molar refractivity (Wildman–Crippen MR) is 93.9 cm³/mol. The molecule has 0 spiro atoms. The molecule has 0 aliphatic heterocycles. The predicted octanol–water partition coefficient (Wildman–Crippen LogP) is 3.63. The molecule has 0 aliphatic carbocycles. The third-order valence-electron chi connectivity index (χ3n) is 4.00. The minimum Gasteiger partial charge on any atom is -0.480 e. The summed E-state index contributed by atoms with van der Waals surface area (Å²) in [5.74, 6) is -2.52. The number of rotatable bonds is 5.